The Balaban J connectivity index is 3.09. The van der Waals surface area contributed by atoms with Gasteiger partial charge in [-0.25, -0.2) is 9.59 Å². The first-order chi connectivity index (χ1) is 7.95. The molecule has 7 nitrogen and oxygen atoms in total. The van der Waals surface area contributed by atoms with Gasteiger partial charge in [-0.2, -0.15) is 0 Å². The summed E-state index contributed by atoms with van der Waals surface area (Å²) in [4.78, 5) is 37.5. The van der Waals surface area contributed by atoms with Gasteiger partial charge >= 0.3 is 11.7 Å². The molecule has 4 N–H and O–H groups in total. The van der Waals surface area contributed by atoms with E-state index in [9.17, 15) is 14.4 Å². The molecule has 7 heteroatoms. The number of carbonyl (C=O) groups is 1. The van der Waals surface area contributed by atoms with E-state index in [1.807, 2.05) is 18.8 Å². The van der Waals surface area contributed by atoms with Gasteiger partial charge in [0, 0.05) is 12.6 Å². The summed E-state index contributed by atoms with van der Waals surface area (Å²) in [6.07, 6.45) is 0.851. The summed E-state index contributed by atoms with van der Waals surface area (Å²) in [6, 6.07) is 0.156. The van der Waals surface area contributed by atoms with Crippen LogP contribution in [0.4, 0.5) is 0 Å². The van der Waals surface area contributed by atoms with Gasteiger partial charge in [-0.05, 0) is 13.3 Å². The topological polar surface area (TPSA) is 115 Å². The minimum Gasteiger partial charge on any atom is -0.477 e. The smallest absolute Gasteiger partial charge is 0.352 e. The van der Waals surface area contributed by atoms with Crippen LogP contribution in [0.2, 0.25) is 0 Å². The van der Waals surface area contributed by atoms with Crippen LogP contribution in [-0.4, -0.2) is 27.1 Å². The van der Waals surface area contributed by atoms with Gasteiger partial charge in [0.05, 0.1) is 5.56 Å². The van der Waals surface area contributed by atoms with E-state index in [2.05, 4.69) is 10.3 Å². The van der Waals surface area contributed by atoms with Crippen LogP contribution in [0.5, 0.6) is 0 Å². The molecule has 0 saturated carbocycles. The maximum atomic E-state index is 11.5. The lowest BCUT2D eigenvalue weighted by atomic mass is 10.2. The third-order valence-corrected chi connectivity index (χ3v) is 2.49. The van der Waals surface area contributed by atoms with Gasteiger partial charge in [0.25, 0.3) is 5.56 Å². The summed E-state index contributed by atoms with van der Waals surface area (Å²) in [5.74, 6) is -1.32. The summed E-state index contributed by atoms with van der Waals surface area (Å²) >= 11 is 0. The van der Waals surface area contributed by atoms with Gasteiger partial charge in [0.15, 0.2) is 0 Å². The van der Waals surface area contributed by atoms with Gasteiger partial charge in [-0.15, -0.1) is 0 Å². The van der Waals surface area contributed by atoms with E-state index < -0.39 is 17.2 Å². The first-order valence-corrected chi connectivity index (χ1v) is 5.27. The number of hydrogen-bond acceptors (Lipinski definition) is 4. The maximum absolute atomic E-state index is 11.5. The van der Waals surface area contributed by atoms with Crippen molar-refractivity contribution in [3.63, 3.8) is 0 Å². The van der Waals surface area contributed by atoms with E-state index in [1.165, 1.54) is 0 Å². The van der Waals surface area contributed by atoms with Crippen LogP contribution in [0.15, 0.2) is 9.59 Å². The quantitative estimate of drug-likeness (QED) is 0.562. The second-order valence-electron chi connectivity index (χ2n) is 3.76. The largest absolute Gasteiger partial charge is 0.477 e. The molecule has 1 atom stereocenters. The number of nitrogens with one attached hydrogen (secondary N) is 3. The van der Waals surface area contributed by atoms with Crippen molar-refractivity contribution >= 4 is 5.97 Å². The number of hydrogen-bond donors (Lipinski definition) is 4. The monoisotopic (exact) mass is 241 g/mol. The molecule has 1 rings (SSSR count). The van der Waals surface area contributed by atoms with E-state index in [0.29, 0.717) is 0 Å². The molecule has 1 unspecified atom stereocenters. The van der Waals surface area contributed by atoms with Crippen LogP contribution in [0.1, 0.15) is 36.3 Å². The molecule has 0 aliphatic carbocycles. The van der Waals surface area contributed by atoms with E-state index in [1.54, 1.807) is 0 Å². The van der Waals surface area contributed by atoms with Gasteiger partial charge in [0.2, 0.25) is 0 Å². The number of aromatic nitrogens is 2. The minimum absolute atomic E-state index is 0.0254. The number of carboxylic acids is 1. The fourth-order valence-corrected chi connectivity index (χ4v) is 1.28. The van der Waals surface area contributed by atoms with E-state index >= 15 is 0 Å². The predicted molar refractivity (Wildman–Crippen MR) is 61.2 cm³/mol. The Labute approximate surface area is 96.9 Å². The van der Waals surface area contributed by atoms with Gasteiger partial charge in [-0.1, -0.05) is 6.92 Å². The Morgan fingerprint density at radius 3 is 2.59 bits per heavy atom. The number of rotatable bonds is 5. The van der Waals surface area contributed by atoms with Crippen molar-refractivity contribution in [2.45, 2.75) is 32.9 Å². The number of H-pyrrole nitrogens is 2. The Hall–Kier alpha value is -1.89. The summed E-state index contributed by atoms with van der Waals surface area (Å²) in [5, 5.41) is 11.9. The van der Waals surface area contributed by atoms with Gasteiger partial charge in [-0.3, -0.25) is 9.78 Å². The summed E-state index contributed by atoms with van der Waals surface area (Å²) < 4.78 is 0. The van der Waals surface area contributed by atoms with Crippen molar-refractivity contribution in [3.05, 3.63) is 32.1 Å². The molecule has 1 aromatic rings. The molecule has 1 aromatic heterocycles. The van der Waals surface area contributed by atoms with Crippen molar-refractivity contribution in [1.29, 1.82) is 0 Å². The van der Waals surface area contributed by atoms with Gasteiger partial charge in [0.1, 0.15) is 5.69 Å². The molecular formula is C10H15N3O4. The van der Waals surface area contributed by atoms with Crippen LogP contribution in [0.25, 0.3) is 0 Å². The second kappa shape index (κ2) is 5.44. The molecule has 1 heterocycles. The van der Waals surface area contributed by atoms with Crippen molar-refractivity contribution in [3.8, 4) is 0 Å². The highest BCUT2D eigenvalue weighted by Crippen LogP contribution is 1.99. The molecule has 17 heavy (non-hydrogen) atoms. The van der Waals surface area contributed by atoms with Gasteiger partial charge < -0.3 is 15.4 Å². The lowest BCUT2D eigenvalue weighted by Crippen LogP contribution is -2.34. The standard InChI is InChI=1S/C10H15N3O4/c1-3-5(2)11-4-6-7(9(15)16)12-10(17)13-8(6)14/h5,11H,3-4H2,1-2H3,(H,15,16)(H2,12,13,14,17). The number of carboxylic acid groups (broad SMARTS) is 1. The zero-order valence-electron chi connectivity index (χ0n) is 9.66. The average molecular weight is 241 g/mol. The second-order valence-corrected chi connectivity index (χ2v) is 3.76. The van der Waals surface area contributed by atoms with Crippen molar-refractivity contribution < 1.29 is 9.90 Å². The highest BCUT2D eigenvalue weighted by Gasteiger charge is 2.15. The third kappa shape index (κ3) is 3.28. The van der Waals surface area contributed by atoms with Crippen LogP contribution >= 0.6 is 0 Å². The molecular weight excluding hydrogens is 226 g/mol. The predicted octanol–water partition coefficient (Wildman–Crippen LogP) is -0.350. The van der Waals surface area contributed by atoms with E-state index in [-0.39, 0.29) is 23.8 Å². The van der Waals surface area contributed by atoms with E-state index in [4.69, 9.17) is 5.11 Å². The number of aromatic carboxylic acids is 1. The first kappa shape index (κ1) is 13.2. The Bertz CT molecular complexity index is 517. The average Bonchev–Trinajstić information content (AvgIpc) is 2.26. The molecule has 0 spiro atoms. The highest BCUT2D eigenvalue weighted by atomic mass is 16.4. The van der Waals surface area contributed by atoms with Crippen LogP contribution in [0.3, 0.4) is 0 Å². The van der Waals surface area contributed by atoms with Crippen LogP contribution < -0.4 is 16.6 Å². The van der Waals surface area contributed by atoms with Crippen LogP contribution in [0, 0.1) is 0 Å². The van der Waals surface area contributed by atoms with E-state index in [0.717, 1.165) is 6.42 Å². The molecule has 94 valence electrons. The Morgan fingerprint density at radius 2 is 2.06 bits per heavy atom. The fourth-order valence-electron chi connectivity index (χ4n) is 1.28. The summed E-state index contributed by atoms with van der Waals surface area (Å²) in [5.41, 5.74) is -1.84. The highest BCUT2D eigenvalue weighted by molar-refractivity contribution is 5.86. The molecule has 0 bridgehead atoms. The lowest BCUT2D eigenvalue weighted by Gasteiger charge is -2.11. The Kier molecular flexibility index (Phi) is 4.22. The molecule has 0 aromatic carbocycles. The molecule has 0 aliphatic rings. The molecule has 0 saturated heterocycles. The molecule has 0 fully saturated rings. The molecule has 0 aliphatic heterocycles. The summed E-state index contributed by atoms with van der Waals surface area (Å²) in [7, 11) is 0. The SMILES string of the molecule is CCC(C)NCc1c(C(=O)O)[nH]c(=O)[nH]c1=O. The minimum atomic E-state index is -1.32. The Morgan fingerprint density at radius 1 is 1.41 bits per heavy atom. The molecule has 0 amide bonds. The summed E-state index contributed by atoms with van der Waals surface area (Å²) in [6.45, 7) is 3.98. The lowest BCUT2D eigenvalue weighted by molar-refractivity contribution is 0.0688. The van der Waals surface area contributed by atoms with Crippen molar-refractivity contribution in [2.75, 3.05) is 0 Å². The molecule has 0 radical (unpaired) electrons. The maximum Gasteiger partial charge on any atom is 0.352 e. The normalized spacial score (nSPS) is 12.4. The van der Waals surface area contributed by atoms with Crippen LogP contribution in [-0.2, 0) is 6.54 Å². The first-order valence-electron chi connectivity index (χ1n) is 5.27. The van der Waals surface area contributed by atoms with Crippen molar-refractivity contribution in [1.82, 2.24) is 15.3 Å². The third-order valence-electron chi connectivity index (χ3n) is 2.49. The zero-order valence-corrected chi connectivity index (χ0v) is 9.66. The fraction of sp³-hybridized carbons (Fsp3) is 0.500. The van der Waals surface area contributed by atoms with Crippen molar-refractivity contribution in [2.24, 2.45) is 0 Å². The zero-order chi connectivity index (χ0) is 13.0. The number of aromatic amines is 2.